The molecule has 104 valence electrons. The Hall–Kier alpha value is -0.853. The normalized spacial score (nSPS) is 19.7. The molecular weight excluding hydrogens is 377 g/mol. The zero-order valence-corrected chi connectivity index (χ0v) is 15.1. The van der Waals surface area contributed by atoms with E-state index in [0.717, 1.165) is 0 Å². The largest absolute Gasteiger partial charge is 0.402 e. The lowest BCUT2D eigenvalue weighted by Gasteiger charge is -2.20. The first-order chi connectivity index (χ1) is 9.49. The first-order valence-corrected chi connectivity index (χ1v) is 10.6. The van der Waals surface area contributed by atoms with Gasteiger partial charge in [0.25, 0.3) is 0 Å². The van der Waals surface area contributed by atoms with E-state index in [-0.39, 0.29) is 6.10 Å². The second kappa shape index (κ2) is 5.16. The monoisotopic (exact) mass is 395 g/mol. The zero-order valence-electron chi connectivity index (χ0n) is 11.9. The summed E-state index contributed by atoms with van der Waals surface area (Å²) in [7, 11) is 0.291. The van der Waals surface area contributed by atoms with Crippen LogP contribution in [0.2, 0.25) is 13.1 Å². The number of fused-ring (bicyclic) bond motifs is 1. The maximum Gasteiger partial charge on any atom is 0.219 e. The van der Waals surface area contributed by atoms with Crippen LogP contribution in [0.25, 0.3) is 0 Å². The minimum absolute atomic E-state index is 0.0872. The van der Waals surface area contributed by atoms with Crippen LogP contribution in [0.1, 0.15) is 17.2 Å². The van der Waals surface area contributed by atoms with Crippen molar-refractivity contribution in [1.82, 2.24) is 0 Å². The van der Waals surface area contributed by atoms with Gasteiger partial charge in [-0.25, -0.2) is 0 Å². The van der Waals surface area contributed by atoms with Gasteiger partial charge in [0, 0.05) is 12.7 Å². The zero-order chi connectivity index (χ0) is 14.3. The van der Waals surface area contributed by atoms with E-state index in [0.29, 0.717) is 0 Å². The smallest absolute Gasteiger partial charge is 0.219 e. The molecule has 1 heterocycles. The Balaban J connectivity index is 2.07. The Kier molecular flexibility index (Phi) is 3.64. The van der Waals surface area contributed by atoms with E-state index in [1.807, 2.05) is 0 Å². The summed E-state index contributed by atoms with van der Waals surface area (Å²) in [5, 5.41) is 1.43. The standard InChI is InChI=1S/C16H18INOSi/c1-18(17)13-8-6-7-12(11-13)16-14-9-4-5-10-15(14)20(2,3)19-16/h4-11,16H,1-3H3. The van der Waals surface area contributed by atoms with Crippen molar-refractivity contribution >= 4 is 42.1 Å². The van der Waals surface area contributed by atoms with Crippen LogP contribution < -0.4 is 8.30 Å². The molecule has 0 N–H and O–H groups in total. The van der Waals surface area contributed by atoms with Crippen molar-refractivity contribution in [1.29, 1.82) is 0 Å². The van der Waals surface area contributed by atoms with Crippen molar-refractivity contribution in [2.75, 3.05) is 10.2 Å². The SMILES string of the molecule is CN(I)c1cccc(C2O[Si](C)(C)c3ccccc32)c1. The molecule has 0 bridgehead atoms. The highest BCUT2D eigenvalue weighted by molar-refractivity contribution is 14.1. The van der Waals surface area contributed by atoms with Gasteiger partial charge < -0.3 is 7.54 Å². The fraction of sp³-hybridized carbons (Fsp3) is 0.250. The Morgan fingerprint density at radius 1 is 1.10 bits per heavy atom. The van der Waals surface area contributed by atoms with Gasteiger partial charge in [-0.1, -0.05) is 36.4 Å². The van der Waals surface area contributed by atoms with E-state index >= 15 is 0 Å². The van der Waals surface area contributed by atoms with Gasteiger partial charge in [-0.2, -0.15) is 0 Å². The van der Waals surface area contributed by atoms with Gasteiger partial charge >= 0.3 is 0 Å². The molecule has 0 radical (unpaired) electrons. The van der Waals surface area contributed by atoms with Crippen molar-refractivity contribution in [2.45, 2.75) is 19.2 Å². The molecule has 0 spiro atoms. The van der Waals surface area contributed by atoms with E-state index in [2.05, 4.69) is 94.7 Å². The van der Waals surface area contributed by atoms with E-state index in [9.17, 15) is 0 Å². The average molecular weight is 395 g/mol. The highest BCUT2D eigenvalue weighted by Crippen LogP contribution is 2.36. The van der Waals surface area contributed by atoms with Gasteiger partial charge in [0.2, 0.25) is 8.32 Å². The fourth-order valence-corrected chi connectivity index (χ4v) is 5.51. The van der Waals surface area contributed by atoms with Gasteiger partial charge in [0.15, 0.2) is 0 Å². The van der Waals surface area contributed by atoms with Crippen molar-refractivity contribution < 1.29 is 4.43 Å². The molecule has 2 aromatic carbocycles. The van der Waals surface area contributed by atoms with Crippen LogP contribution in [0.15, 0.2) is 48.5 Å². The molecule has 1 atom stereocenters. The lowest BCUT2D eigenvalue weighted by Crippen LogP contribution is -2.39. The maximum absolute atomic E-state index is 6.46. The molecule has 2 aromatic rings. The molecule has 4 heteroatoms. The van der Waals surface area contributed by atoms with Crippen LogP contribution in [0, 0.1) is 0 Å². The molecule has 0 aliphatic carbocycles. The van der Waals surface area contributed by atoms with Gasteiger partial charge in [0.05, 0.1) is 29.0 Å². The summed E-state index contributed by atoms with van der Waals surface area (Å²) in [4.78, 5) is 0. The molecule has 1 aliphatic heterocycles. The van der Waals surface area contributed by atoms with Gasteiger partial charge in [0.1, 0.15) is 0 Å². The Bertz CT molecular complexity index is 642. The predicted molar refractivity (Wildman–Crippen MR) is 95.4 cm³/mol. The lowest BCUT2D eigenvalue weighted by molar-refractivity contribution is 0.259. The molecule has 2 nitrogen and oxygen atoms in total. The minimum atomic E-state index is -1.77. The summed E-state index contributed by atoms with van der Waals surface area (Å²) in [6.07, 6.45) is 0.0872. The Labute approximate surface area is 135 Å². The van der Waals surface area contributed by atoms with Crippen LogP contribution in [0.4, 0.5) is 5.69 Å². The maximum atomic E-state index is 6.46. The molecule has 0 fully saturated rings. The average Bonchev–Trinajstić information content (AvgIpc) is 2.72. The van der Waals surface area contributed by atoms with E-state index in [1.54, 1.807) is 0 Å². The number of hydrogen-bond acceptors (Lipinski definition) is 2. The van der Waals surface area contributed by atoms with Gasteiger partial charge in [-0.05, 0) is 41.5 Å². The summed E-state index contributed by atoms with van der Waals surface area (Å²) in [5.74, 6) is 0. The molecule has 1 unspecified atom stereocenters. The summed E-state index contributed by atoms with van der Waals surface area (Å²) in [6, 6.07) is 17.3. The third-order valence-corrected chi connectivity index (χ3v) is 6.97. The van der Waals surface area contributed by atoms with Crippen LogP contribution >= 0.6 is 22.9 Å². The fourth-order valence-electron chi connectivity index (χ4n) is 2.82. The Morgan fingerprint density at radius 3 is 2.60 bits per heavy atom. The lowest BCUT2D eigenvalue weighted by atomic mass is 10.0. The number of benzene rings is 2. The van der Waals surface area contributed by atoms with Crippen LogP contribution in [0.3, 0.4) is 0 Å². The molecule has 20 heavy (non-hydrogen) atoms. The number of anilines is 1. The molecule has 0 saturated heterocycles. The quantitative estimate of drug-likeness (QED) is 0.433. The number of halogens is 1. The summed E-state index contributed by atoms with van der Waals surface area (Å²) in [6.45, 7) is 4.56. The Morgan fingerprint density at radius 2 is 1.85 bits per heavy atom. The third-order valence-electron chi connectivity index (χ3n) is 3.83. The summed E-state index contributed by atoms with van der Waals surface area (Å²) < 4.78 is 8.56. The molecule has 3 rings (SSSR count). The molecule has 0 saturated carbocycles. The van der Waals surface area contributed by atoms with E-state index in [4.69, 9.17) is 4.43 Å². The van der Waals surface area contributed by atoms with Crippen molar-refractivity contribution in [2.24, 2.45) is 0 Å². The number of nitrogens with zero attached hydrogens (tertiary/aromatic N) is 1. The second-order valence-corrected chi connectivity index (χ2v) is 10.9. The summed E-state index contributed by atoms with van der Waals surface area (Å²) >= 11 is 2.30. The van der Waals surface area contributed by atoms with Crippen LogP contribution in [0.5, 0.6) is 0 Å². The minimum Gasteiger partial charge on any atom is -0.402 e. The highest BCUT2D eigenvalue weighted by atomic mass is 127. The molecule has 0 amide bonds. The number of hydrogen-bond donors (Lipinski definition) is 0. The topological polar surface area (TPSA) is 12.5 Å². The molecule has 0 aromatic heterocycles. The number of rotatable bonds is 2. The van der Waals surface area contributed by atoms with Crippen molar-refractivity contribution in [3.05, 3.63) is 59.7 Å². The third kappa shape index (κ3) is 2.40. The highest BCUT2D eigenvalue weighted by Gasteiger charge is 2.40. The molecule has 1 aliphatic rings. The first-order valence-electron chi connectivity index (χ1n) is 6.76. The van der Waals surface area contributed by atoms with E-state index < -0.39 is 8.32 Å². The van der Waals surface area contributed by atoms with E-state index in [1.165, 1.54) is 22.0 Å². The van der Waals surface area contributed by atoms with Crippen LogP contribution in [-0.4, -0.2) is 15.4 Å². The van der Waals surface area contributed by atoms with Gasteiger partial charge in [-0.3, -0.25) is 0 Å². The predicted octanol–water partition coefficient (Wildman–Crippen LogP) is 4.00. The van der Waals surface area contributed by atoms with Crippen molar-refractivity contribution in [3.63, 3.8) is 0 Å². The first kappa shape index (κ1) is 14.1. The van der Waals surface area contributed by atoms with Crippen LogP contribution in [-0.2, 0) is 4.43 Å². The second-order valence-electron chi connectivity index (χ2n) is 5.67. The summed E-state index contributed by atoms with van der Waals surface area (Å²) in [5.41, 5.74) is 3.80. The van der Waals surface area contributed by atoms with Gasteiger partial charge in [-0.15, -0.1) is 0 Å². The van der Waals surface area contributed by atoms with Crippen molar-refractivity contribution in [3.8, 4) is 0 Å². The molecular formula is C16H18INOSi.